The molecule has 10 nitrogen and oxygen atoms in total. The second-order valence-electron chi connectivity index (χ2n) is 11.8. The summed E-state index contributed by atoms with van der Waals surface area (Å²) in [4.78, 5) is 42.6. The molecule has 1 saturated heterocycles. The minimum absolute atomic E-state index is 0.0503. The molecule has 42 heavy (non-hydrogen) atoms. The van der Waals surface area contributed by atoms with Crippen LogP contribution in [0.2, 0.25) is 0 Å². The van der Waals surface area contributed by atoms with Gasteiger partial charge in [0.1, 0.15) is 12.4 Å². The first-order chi connectivity index (χ1) is 19.7. The van der Waals surface area contributed by atoms with E-state index in [9.17, 15) is 32.7 Å². The molecule has 13 heteroatoms. The predicted molar refractivity (Wildman–Crippen MR) is 148 cm³/mol. The molecule has 0 spiro atoms. The number of allylic oxidation sites excluding steroid dienone is 1. The van der Waals surface area contributed by atoms with E-state index in [0.717, 1.165) is 24.6 Å². The molecule has 0 bridgehead atoms. The highest BCUT2D eigenvalue weighted by Gasteiger charge is 2.50. The average Bonchev–Trinajstić information content (AvgIpc) is 3.31. The second-order valence-corrected chi connectivity index (χ2v) is 11.8. The van der Waals surface area contributed by atoms with E-state index < -0.39 is 47.5 Å². The zero-order chi connectivity index (χ0) is 31.0. The lowest BCUT2D eigenvalue weighted by Gasteiger charge is -2.45. The number of alkyl halides is 3. The van der Waals surface area contributed by atoms with Crippen molar-refractivity contribution in [2.45, 2.75) is 71.0 Å². The van der Waals surface area contributed by atoms with Crippen molar-refractivity contribution in [3.63, 3.8) is 0 Å². The fourth-order valence-corrected chi connectivity index (χ4v) is 6.70. The van der Waals surface area contributed by atoms with E-state index >= 15 is 0 Å². The number of carbonyl (C=O) groups is 3. The standard InChI is InChI=1S/C29H40F3N5O5/c1-17-9-10-22(42-16-20(33)25(35(3)34)29(30,31)32)24-18(17)11-14-37(21(24)15-36-13-6-8-23(36)38)26(39)19-7-4-5-12-28(19,2)27(40)41/h9-10,19,21H,4-8,11-16,33-34H2,1-3H3,(H,40,41)/b25-20-/t19-,21+,28-/m0/s1. The maximum Gasteiger partial charge on any atom is 0.434 e. The molecular weight excluding hydrogens is 555 g/mol. The monoisotopic (exact) mass is 595 g/mol. The topological polar surface area (TPSA) is 142 Å². The smallest absolute Gasteiger partial charge is 0.434 e. The van der Waals surface area contributed by atoms with Gasteiger partial charge in [0.25, 0.3) is 0 Å². The van der Waals surface area contributed by atoms with Crippen LogP contribution in [0.15, 0.2) is 23.5 Å². The molecule has 232 valence electrons. The van der Waals surface area contributed by atoms with Crippen LogP contribution in [0.3, 0.4) is 0 Å². The van der Waals surface area contributed by atoms with Gasteiger partial charge in [0.05, 0.1) is 23.1 Å². The van der Waals surface area contributed by atoms with Crippen molar-refractivity contribution in [3.05, 3.63) is 40.2 Å². The van der Waals surface area contributed by atoms with Crippen LogP contribution in [0.1, 0.15) is 68.2 Å². The van der Waals surface area contributed by atoms with Gasteiger partial charge in [0.15, 0.2) is 5.70 Å². The molecule has 2 fully saturated rings. The van der Waals surface area contributed by atoms with Gasteiger partial charge in [0.2, 0.25) is 11.8 Å². The number of aryl methyl sites for hydroxylation is 1. The van der Waals surface area contributed by atoms with Crippen molar-refractivity contribution in [2.24, 2.45) is 22.9 Å². The molecule has 4 rings (SSSR count). The van der Waals surface area contributed by atoms with Gasteiger partial charge in [-0.05, 0) is 56.7 Å². The Bertz CT molecular complexity index is 1270. The number of hydrogen-bond donors (Lipinski definition) is 3. The molecule has 3 atom stereocenters. The van der Waals surface area contributed by atoms with Gasteiger partial charge in [-0.3, -0.25) is 14.4 Å². The largest absolute Gasteiger partial charge is 0.487 e. The van der Waals surface area contributed by atoms with Crippen molar-refractivity contribution in [3.8, 4) is 5.75 Å². The van der Waals surface area contributed by atoms with Crippen LogP contribution in [-0.4, -0.2) is 77.2 Å². The summed E-state index contributed by atoms with van der Waals surface area (Å²) in [6, 6.07) is 2.75. The number of carbonyl (C=O) groups excluding carboxylic acids is 2. The van der Waals surface area contributed by atoms with Crippen molar-refractivity contribution in [1.82, 2.24) is 14.8 Å². The molecule has 2 heterocycles. The van der Waals surface area contributed by atoms with E-state index in [1.54, 1.807) is 28.9 Å². The highest BCUT2D eigenvalue weighted by Crippen LogP contribution is 2.46. The molecule has 2 amide bonds. The van der Waals surface area contributed by atoms with Crippen LogP contribution in [0, 0.1) is 18.3 Å². The van der Waals surface area contributed by atoms with Crippen molar-refractivity contribution >= 4 is 17.8 Å². The van der Waals surface area contributed by atoms with Crippen molar-refractivity contribution in [2.75, 3.05) is 33.3 Å². The minimum atomic E-state index is -4.80. The summed E-state index contributed by atoms with van der Waals surface area (Å²) in [7, 11) is 1.03. The van der Waals surface area contributed by atoms with Gasteiger partial charge in [-0.15, -0.1) is 0 Å². The van der Waals surface area contributed by atoms with Crippen LogP contribution in [0.25, 0.3) is 0 Å². The van der Waals surface area contributed by atoms with Gasteiger partial charge in [-0.1, -0.05) is 18.9 Å². The summed E-state index contributed by atoms with van der Waals surface area (Å²) in [5, 5.41) is 10.5. The van der Waals surface area contributed by atoms with E-state index in [0.29, 0.717) is 62.2 Å². The maximum absolute atomic E-state index is 14.2. The number of carboxylic acids is 1. The SMILES string of the molecule is Cc1ccc(OC/C(N)=C(/N(C)N)C(F)(F)F)c2c1CCN(C(=O)[C@@H]1CCCC[C@]1(C)C(=O)O)[C@@H]2CN1CCCC1=O. The van der Waals surface area contributed by atoms with E-state index in [1.807, 2.05) is 6.92 Å². The Morgan fingerprint density at radius 3 is 2.50 bits per heavy atom. The number of amides is 2. The lowest BCUT2D eigenvalue weighted by Crippen LogP contribution is -2.52. The number of nitrogens with zero attached hydrogens (tertiary/aromatic N) is 3. The van der Waals surface area contributed by atoms with E-state index in [4.69, 9.17) is 16.3 Å². The number of likely N-dealkylation sites (tertiary alicyclic amines) is 1. The first kappa shape index (κ1) is 31.5. The number of carboxylic acid groups (broad SMARTS) is 1. The molecule has 2 aliphatic heterocycles. The summed E-state index contributed by atoms with van der Waals surface area (Å²) in [5.74, 6) is 3.55. The third kappa shape index (κ3) is 6.02. The van der Waals surface area contributed by atoms with Crippen LogP contribution >= 0.6 is 0 Å². The molecular formula is C29H40F3N5O5. The molecule has 1 aliphatic carbocycles. The van der Waals surface area contributed by atoms with E-state index in [1.165, 1.54) is 0 Å². The van der Waals surface area contributed by atoms with Crippen molar-refractivity contribution < 1.29 is 37.4 Å². The molecule has 0 unspecified atom stereocenters. The molecule has 1 saturated carbocycles. The number of rotatable bonds is 8. The molecule has 5 N–H and O–H groups in total. The Hall–Kier alpha value is -3.48. The van der Waals surface area contributed by atoms with Gasteiger partial charge in [-0.25, -0.2) is 5.84 Å². The lowest BCUT2D eigenvalue weighted by atomic mass is 9.66. The Labute approximate surface area is 243 Å². The van der Waals surface area contributed by atoms with E-state index in [-0.39, 0.29) is 24.1 Å². The first-order valence-corrected chi connectivity index (χ1v) is 14.3. The summed E-state index contributed by atoms with van der Waals surface area (Å²) >= 11 is 0. The fourth-order valence-electron chi connectivity index (χ4n) is 6.70. The number of halogens is 3. The van der Waals surface area contributed by atoms with Gasteiger partial charge in [0, 0.05) is 38.7 Å². The molecule has 1 aromatic carbocycles. The van der Waals surface area contributed by atoms with Crippen LogP contribution < -0.4 is 16.3 Å². The highest BCUT2D eigenvalue weighted by atomic mass is 19.4. The molecule has 3 aliphatic rings. The number of aliphatic carboxylic acids is 1. The van der Waals surface area contributed by atoms with E-state index in [2.05, 4.69) is 0 Å². The van der Waals surface area contributed by atoms with Crippen LogP contribution in [0.4, 0.5) is 13.2 Å². The average molecular weight is 596 g/mol. The van der Waals surface area contributed by atoms with Gasteiger partial charge < -0.3 is 30.4 Å². The van der Waals surface area contributed by atoms with Crippen LogP contribution in [0.5, 0.6) is 5.75 Å². The van der Waals surface area contributed by atoms with Crippen LogP contribution in [-0.2, 0) is 20.8 Å². The number of nitrogens with two attached hydrogens (primary N) is 2. The lowest BCUT2D eigenvalue weighted by molar-refractivity contribution is -0.162. The Morgan fingerprint density at radius 2 is 1.90 bits per heavy atom. The van der Waals surface area contributed by atoms with Gasteiger partial charge in [-0.2, -0.15) is 13.2 Å². The fraction of sp³-hybridized carbons (Fsp3) is 0.621. The number of hydrazine groups is 1. The number of hydrogen-bond acceptors (Lipinski definition) is 7. The quantitative estimate of drug-likeness (QED) is 0.307. The second kappa shape index (κ2) is 12.0. The zero-order valence-corrected chi connectivity index (χ0v) is 24.3. The van der Waals surface area contributed by atoms with Gasteiger partial charge >= 0.3 is 12.1 Å². The summed E-state index contributed by atoms with van der Waals surface area (Å²) in [5.41, 5.74) is 5.14. The Balaban J connectivity index is 1.76. The Morgan fingerprint density at radius 1 is 1.19 bits per heavy atom. The highest BCUT2D eigenvalue weighted by molar-refractivity contribution is 5.88. The first-order valence-electron chi connectivity index (χ1n) is 14.3. The number of ether oxygens (including phenoxy) is 1. The summed E-state index contributed by atoms with van der Waals surface area (Å²) in [6.45, 7) is 3.90. The Kier molecular flexibility index (Phi) is 9.00. The summed E-state index contributed by atoms with van der Waals surface area (Å²) < 4.78 is 46.7. The zero-order valence-electron chi connectivity index (χ0n) is 24.3. The molecule has 0 radical (unpaired) electrons. The molecule has 0 aromatic heterocycles. The molecule has 1 aromatic rings. The predicted octanol–water partition coefficient (Wildman–Crippen LogP) is 3.24. The maximum atomic E-state index is 14.2. The number of fused-ring (bicyclic) bond motifs is 1. The normalized spacial score (nSPS) is 25.2. The third-order valence-corrected chi connectivity index (χ3v) is 9.01. The van der Waals surface area contributed by atoms with Crippen molar-refractivity contribution in [1.29, 1.82) is 0 Å². The third-order valence-electron chi connectivity index (χ3n) is 9.01. The summed E-state index contributed by atoms with van der Waals surface area (Å²) in [6.07, 6.45) is -1.03. The minimum Gasteiger partial charge on any atom is -0.487 e. The number of benzene rings is 1.